The van der Waals surface area contributed by atoms with Crippen molar-refractivity contribution in [3.05, 3.63) is 52.1 Å². The molecule has 0 saturated heterocycles. The lowest BCUT2D eigenvalue weighted by Crippen LogP contribution is -2.12. The van der Waals surface area contributed by atoms with Crippen molar-refractivity contribution in [3.8, 4) is 17.3 Å². The zero-order valence-electron chi connectivity index (χ0n) is 8.37. The van der Waals surface area contributed by atoms with E-state index in [1.165, 1.54) is 0 Å². The Morgan fingerprint density at radius 1 is 1.35 bits per heavy atom. The van der Waals surface area contributed by atoms with Crippen LogP contribution in [0.15, 0.2) is 29.3 Å². The van der Waals surface area contributed by atoms with Crippen LogP contribution in [-0.2, 0) is 0 Å². The van der Waals surface area contributed by atoms with Crippen molar-refractivity contribution in [3.63, 3.8) is 0 Å². The van der Waals surface area contributed by atoms with E-state index >= 15 is 0 Å². The van der Waals surface area contributed by atoms with Crippen LogP contribution in [0.1, 0.15) is 5.56 Å². The summed E-state index contributed by atoms with van der Waals surface area (Å²) in [7, 11) is 0. The maximum absolute atomic E-state index is 13.5. The smallest absolute Gasteiger partial charge is 0.269 e. The van der Waals surface area contributed by atoms with E-state index in [-0.39, 0.29) is 16.8 Å². The lowest BCUT2D eigenvalue weighted by Gasteiger charge is -2.03. The molecule has 0 unspecified atom stereocenters. The van der Waals surface area contributed by atoms with Crippen LogP contribution in [0.2, 0.25) is 0 Å². The third-order valence-corrected chi connectivity index (χ3v) is 2.15. The maximum Gasteiger partial charge on any atom is 0.269 e. The lowest BCUT2D eigenvalue weighted by molar-refractivity contribution is 0.602. The molecule has 84 valence electrons. The number of aromatic nitrogens is 2. The number of nitriles is 1. The van der Waals surface area contributed by atoms with Crippen LogP contribution in [0, 0.1) is 23.0 Å². The Labute approximate surface area is 94.2 Å². The molecule has 0 aliphatic rings. The van der Waals surface area contributed by atoms with Gasteiger partial charge in [-0.05, 0) is 18.2 Å². The number of halogens is 2. The third-order valence-electron chi connectivity index (χ3n) is 2.15. The minimum atomic E-state index is -0.749. The molecule has 0 radical (unpaired) electrons. The standard InChI is InChI=1S/C11H5F2N3O/c12-6-1-2-9(13)7(3-6)10-8(4-14)11(17)16-5-15-10/h1-3,5H,(H,15,16,17). The largest absolute Gasteiger partial charge is 0.312 e. The monoisotopic (exact) mass is 233 g/mol. The number of aromatic amines is 1. The summed E-state index contributed by atoms with van der Waals surface area (Å²) in [4.78, 5) is 17.2. The molecule has 17 heavy (non-hydrogen) atoms. The average Bonchev–Trinajstić information content (AvgIpc) is 2.32. The zero-order valence-corrected chi connectivity index (χ0v) is 8.37. The van der Waals surface area contributed by atoms with Crippen molar-refractivity contribution in [2.75, 3.05) is 0 Å². The SMILES string of the molecule is N#Cc1c(-c2cc(F)ccc2F)nc[nH]c1=O. The molecule has 0 amide bonds. The van der Waals surface area contributed by atoms with Gasteiger partial charge in [0.05, 0.1) is 12.0 Å². The molecule has 2 aromatic rings. The Kier molecular flexibility index (Phi) is 2.66. The molecule has 1 aromatic carbocycles. The fraction of sp³-hybridized carbons (Fsp3) is 0. The molecule has 0 spiro atoms. The summed E-state index contributed by atoms with van der Waals surface area (Å²) in [6.45, 7) is 0. The van der Waals surface area contributed by atoms with Crippen LogP contribution in [0.4, 0.5) is 8.78 Å². The quantitative estimate of drug-likeness (QED) is 0.813. The van der Waals surface area contributed by atoms with Gasteiger partial charge in [-0.2, -0.15) is 5.26 Å². The fourth-order valence-electron chi connectivity index (χ4n) is 1.39. The second-order valence-corrected chi connectivity index (χ2v) is 3.19. The van der Waals surface area contributed by atoms with Gasteiger partial charge < -0.3 is 4.98 Å². The van der Waals surface area contributed by atoms with Gasteiger partial charge in [0, 0.05) is 5.56 Å². The molecule has 4 nitrogen and oxygen atoms in total. The van der Waals surface area contributed by atoms with Crippen LogP contribution in [0.5, 0.6) is 0 Å². The van der Waals surface area contributed by atoms with E-state index in [1.54, 1.807) is 6.07 Å². The highest BCUT2D eigenvalue weighted by Gasteiger charge is 2.14. The van der Waals surface area contributed by atoms with Crippen molar-refractivity contribution in [1.29, 1.82) is 5.26 Å². The van der Waals surface area contributed by atoms with Gasteiger partial charge in [-0.25, -0.2) is 13.8 Å². The molecule has 1 aromatic heterocycles. The van der Waals surface area contributed by atoms with Gasteiger partial charge in [-0.3, -0.25) is 4.79 Å². The normalized spacial score (nSPS) is 9.94. The first-order valence-corrected chi connectivity index (χ1v) is 4.56. The van der Waals surface area contributed by atoms with Gasteiger partial charge in [-0.15, -0.1) is 0 Å². The van der Waals surface area contributed by atoms with Crippen LogP contribution in [-0.4, -0.2) is 9.97 Å². The van der Waals surface area contributed by atoms with Crippen LogP contribution < -0.4 is 5.56 Å². The van der Waals surface area contributed by atoms with Gasteiger partial charge in [0.15, 0.2) is 0 Å². The predicted molar refractivity (Wildman–Crippen MR) is 54.9 cm³/mol. The average molecular weight is 233 g/mol. The minimum Gasteiger partial charge on any atom is -0.312 e. The van der Waals surface area contributed by atoms with Gasteiger partial charge in [0.2, 0.25) is 0 Å². The molecule has 1 N–H and O–H groups in total. The molecule has 6 heteroatoms. The summed E-state index contributed by atoms with van der Waals surface area (Å²) < 4.78 is 26.5. The van der Waals surface area contributed by atoms with Gasteiger partial charge in [0.1, 0.15) is 23.3 Å². The van der Waals surface area contributed by atoms with Crippen molar-refractivity contribution in [2.45, 2.75) is 0 Å². The van der Waals surface area contributed by atoms with Crippen molar-refractivity contribution < 1.29 is 8.78 Å². The second kappa shape index (κ2) is 4.14. The molecule has 2 rings (SSSR count). The van der Waals surface area contributed by atoms with E-state index < -0.39 is 17.2 Å². The Hall–Kier alpha value is -2.55. The molecule has 0 aliphatic heterocycles. The molecule has 0 fully saturated rings. The predicted octanol–water partition coefficient (Wildman–Crippen LogP) is 1.59. The van der Waals surface area contributed by atoms with E-state index in [4.69, 9.17) is 5.26 Å². The highest BCUT2D eigenvalue weighted by molar-refractivity contribution is 5.66. The zero-order chi connectivity index (χ0) is 12.4. The number of nitrogens with zero attached hydrogens (tertiary/aromatic N) is 2. The first-order valence-electron chi connectivity index (χ1n) is 4.56. The molecule has 1 heterocycles. The first-order chi connectivity index (χ1) is 8.13. The number of H-pyrrole nitrogens is 1. The van der Waals surface area contributed by atoms with Crippen molar-refractivity contribution >= 4 is 0 Å². The topological polar surface area (TPSA) is 69.5 Å². The van der Waals surface area contributed by atoms with Crippen molar-refractivity contribution in [2.24, 2.45) is 0 Å². The molecular weight excluding hydrogens is 228 g/mol. The van der Waals surface area contributed by atoms with E-state index in [0.29, 0.717) is 0 Å². The molecule has 0 bridgehead atoms. The molecule has 0 aliphatic carbocycles. The highest BCUT2D eigenvalue weighted by atomic mass is 19.1. The number of benzene rings is 1. The van der Waals surface area contributed by atoms with Crippen LogP contribution in [0.3, 0.4) is 0 Å². The van der Waals surface area contributed by atoms with Crippen LogP contribution in [0.25, 0.3) is 11.3 Å². The first kappa shape index (κ1) is 11.0. The highest BCUT2D eigenvalue weighted by Crippen LogP contribution is 2.22. The summed E-state index contributed by atoms with van der Waals surface area (Å²) in [6.07, 6.45) is 1.03. The fourth-order valence-corrected chi connectivity index (χ4v) is 1.39. The van der Waals surface area contributed by atoms with Gasteiger partial charge in [-0.1, -0.05) is 0 Å². The lowest BCUT2D eigenvalue weighted by atomic mass is 10.1. The van der Waals surface area contributed by atoms with Gasteiger partial charge in [0.25, 0.3) is 5.56 Å². The summed E-state index contributed by atoms with van der Waals surface area (Å²) in [6, 6.07) is 4.35. The Balaban J connectivity index is 2.78. The number of rotatable bonds is 1. The van der Waals surface area contributed by atoms with Crippen LogP contribution >= 0.6 is 0 Å². The van der Waals surface area contributed by atoms with Crippen molar-refractivity contribution in [1.82, 2.24) is 9.97 Å². The number of hydrogen-bond donors (Lipinski definition) is 1. The molecular formula is C11H5F2N3O. The van der Waals surface area contributed by atoms with E-state index in [2.05, 4.69) is 9.97 Å². The third kappa shape index (κ3) is 1.90. The summed E-state index contributed by atoms with van der Waals surface area (Å²) in [5.41, 5.74) is -1.43. The van der Waals surface area contributed by atoms with E-state index in [9.17, 15) is 13.6 Å². The minimum absolute atomic E-state index is 0.173. The number of hydrogen-bond acceptors (Lipinski definition) is 3. The second-order valence-electron chi connectivity index (χ2n) is 3.19. The summed E-state index contributed by atoms with van der Waals surface area (Å²) >= 11 is 0. The molecule has 0 saturated carbocycles. The Morgan fingerprint density at radius 2 is 2.12 bits per heavy atom. The van der Waals surface area contributed by atoms with E-state index in [1.807, 2.05) is 0 Å². The summed E-state index contributed by atoms with van der Waals surface area (Å²) in [5.74, 6) is -1.42. The summed E-state index contributed by atoms with van der Waals surface area (Å²) in [5, 5.41) is 8.79. The Bertz CT molecular complexity index is 673. The van der Waals surface area contributed by atoms with Gasteiger partial charge >= 0.3 is 0 Å². The van der Waals surface area contributed by atoms with E-state index in [0.717, 1.165) is 24.5 Å². The number of nitrogens with one attached hydrogen (secondary N) is 1. The maximum atomic E-state index is 13.5. The Morgan fingerprint density at radius 3 is 2.82 bits per heavy atom. The molecule has 0 atom stereocenters.